The minimum atomic E-state index is -0.709. The summed E-state index contributed by atoms with van der Waals surface area (Å²) in [4.78, 5) is 72.8. The number of rotatable bonds is 15. The smallest absolute Gasteiger partial charge is 0.407 e. The van der Waals surface area contributed by atoms with E-state index in [-0.39, 0.29) is 42.0 Å². The molecule has 2 saturated heterocycles. The van der Waals surface area contributed by atoms with Crippen LogP contribution in [-0.2, 0) is 19.1 Å². The molecule has 3 saturated carbocycles. The largest absolute Gasteiger partial charge is 0.469 e. The van der Waals surface area contributed by atoms with Crippen LogP contribution in [0.4, 0.5) is 9.59 Å². The minimum absolute atomic E-state index is 0.120. The van der Waals surface area contributed by atoms with Crippen LogP contribution in [0.5, 0.6) is 5.75 Å². The van der Waals surface area contributed by atoms with E-state index in [0.717, 1.165) is 93.7 Å². The van der Waals surface area contributed by atoms with Crippen LogP contribution in [0, 0.1) is 35.5 Å². The van der Waals surface area contributed by atoms with Crippen LogP contribution in [0.1, 0.15) is 142 Å². The average molecular weight is 984 g/mol. The number of nitrogens with zero attached hydrogens (tertiary/aromatic N) is 5. The van der Waals surface area contributed by atoms with Crippen LogP contribution in [0.3, 0.4) is 0 Å². The zero-order chi connectivity index (χ0) is 50.4. The van der Waals surface area contributed by atoms with E-state index in [1.165, 1.54) is 65.6 Å². The number of unbranched alkanes of at least 4 members (excludes halogenated alkanes) is 2. The number of likely N-dealkylation sites (tertiary alicyclic amines) is 2. The number of nitrogens with one attached hydrogen (secondary N) is 4. The van der Waals surface area contributed by atoms with Crippen LogP contribution in [0.25, 0.3) is 44.7 Å². The van der Waals surface area contributed by atoms with Crippen LogP contribution < -0.4 is 15.4 Å². The number of hydrogen-bond acceptors (Lipinski definition) is 9. The lowest BCUT2D eigenvalue weighted by atomic mass is 9.58. The molecule has 2 bridgehead atoms. The third-order valence-corrected chi connectivity index (χ3v) is 16.8. The first-order valence-electron chi connectivity index (χ1n) is 26.7. The highest BCUT2D eigenvalue weighted by Crippen LogP contribution is 2.56. The molecule has 3 aromatic heterocycles. The van der Waals surface area contributed by atoms with Gasteiger partial charge in [-0.3, -0.25) is 9.59 Å². The van der Waals surface area contributed by atoms with Gasteiger partial charge in [-0.05, 0) is 111 Å². The third-order valence-electron chi connectivity index (χ3n) is 16.8. The first-order chi connectivity index (χ1) is 34.8. The highest BCUT2D eigenvalue weighted by molar-refractivity contribution is 5.92. The second kappa shape index (κ2) is 20.7. The molecule has 6 aliphatic rings. The van der Waals surface area contributed by atoms with E-state index in [2.05, 4.69) is 74.6 Å². The summed E-state index contributed by atoms with van der Waals surface area (Å²) in [6.07, 6.45) is 15.7. The van der Waals surface area contributed by atoms with Crippen molar-refractivity contribution in [2.45, 2.75) is 142 Å². The van der Waals surface area contributed by atoms with Crippen molar-refractivity contribution in [3.05, 3.63) is 66.5 Å². The van der Waals surface area contributed by atoms with Gasteiger partial charge in [0.1, 0.15) is 29.5 Å². The number of alkyl carbamates (subject to hydrolysis) is 2. The molecule has 9 atom stereocenters. The highest BCUT2D eigenvalue weighted by Gasteiger charge is 2.48. The molecule has 5 aromatic rings. The van der Waals surface area contributed by atoms with Crippen molar-refractivity contribution in [1.82, 2.24) is 44.9 Å². The van der Waals surface area contributed by atoms with Crippen molar-refractivity contribution in [3.63, 3.8) is 0 Å². The number of carbonyl (C=O) groups is 4. The first kappa shape index (κ1) is 49.3. The van der Waals surface area contributed by atoms with E-state index in [1.807, 2.05) is 49.9 Å². The molecule has 16 heteroatoms. The van der Waals surface area contributed by atoms with E-state index in [9.17, 15) is 19.2 Å². The summed E-state index contributed by atoms with van der Waals surface area (Å²) >= 11 is 0. The molecule has 3 aliphatic heterocycles. The lowest BCUT2D eigenvalue weighted by molar-refractivity contribution is -0.136. The van der Waals surface area contributed by atoms with Gasteiger partial charge in [-0.25, -0.2) is 19.6 Å². The second-order valence-corrected chi connectivity index (χ2v) is 21.8. The molecule has 16 nitrogen and oxygen atoms in total. The number of carbonyl (C=O) groups excluding carboxylic acids is 4. The third kappa shape index (κ3) is 9.34. The molecule has 4 amide bonds. The minimum Gasteiger partial charge on any atom is -0.469 e. The maximum Gasteiger partial charge on any atom is 0.407 e. The summed E-state index contributed by atoms with van der Waals surface area (Å²) in [5.41, 5.74) is 6.99. The second-order valence-electron chi connectivity index (χ2n) is 21.8. The van der Waals surface area contributed by atoms with Gasteiger partial charge in [0.05, 0.1) is 61.3 Å². The summed E-state index contributed by atoms with van der Waals surface area (Å²) in [7, 11) is 2.61. The Bertz CT molecular complexity index is 2790. The molecule has 0 spiro atoms. The summed E-state index contributed by atoms with van der Waals surface area (Å²) in [6, 6.07) is 13.5. The van der Waals surface area contributed by atoms with E-state index >= 15 is 0 Å². The number of H-pyrrole nitrogens is 2. The van der Waals surface area contributed by atoms with E-state index in [4.69, 9.17) is 24.2 Å². The maximum absolute atomic E-state index is 13.9. The van der Waals surface area contributed by atoms with Crippen molar-refractivity contribution < 1.29 is 33.4 Å². The number of fused-ring (bicyclic) bond motifs is 8. The highest BCUT2D eigenvalue weighted by atomic mass is 16.5. The molecule has 4 N–H and O–H groups in total. The van der Waals surface area contributed by atoms with Gasteiger partial charge in [0.2, 0.25) is 11.8 Å². The van der Waals surface area contributed by atoms with Crippen LogP contribution in [0.15, 0.2) is 54.9 Å². The molecular formula is C56H73N9O7. The van der Waals surface area contributed by atoms with Crippen molar-refractivity contribution in [2.24, 2.45) is 35.5 Å². The Morgan fingerprint density at radius 2 is 1.32 bits per heavy atom. The zero-order valence-corrected chi connectivity index (χ0v) is 43.0. The van der Waals surface area contributed by atoms with Crippen LogP contribution in [0.2, 0.25) is 0 Å². The zero-order valence-electron chi connectivity index (χ0n) is 43.0. The number of ether oxygens (including phenoxy) is 3. The molecule has 384 valence electrons. The van der Waals surface area contributed by atoms with E-state index in [0.29, 0.717) is 30.8 Å². The Balaban J connectivity index is 0.954. The van der Waals surface area contributed by atoms with E-state index in [1.54, 1.807) is 0 Å². The summed E-state index contributed by atoms with van der Waals surface area (Å²) in [6.45, 7) is 11.1. The van der Waals surface area contributed by atoms with Gasteiger partial charge >= 0.3 is 12.2 Å². The molecule has 5 fully saturated rings. The van der Waals surface area contributed by atoms with Gasteiger partial charge in [0.25, 0.3) is 0 Å². The summed E-state index contributed by atoms with van der Waals surface area (Å²) in [5.74, 6) is 4.26. The van der Waals surface area contributed by atoms with Gasteiger partial charge < -0.3 is 49.2 Å². The number of imidazole rings is 2. The normalized spacial score (nSPS) is 24.3. The molecule has 5 unspecified atom stereocenters. The molecule has 72 heavy (non-hydrogen) atoms. The number of hydrogen-bond donors (Lipinski definition) is 4. The van der Waals surface area contributed by atoms with E-state index < -0.39 is 24.3 Å². The molecule has 11 rings (SSSR count). The summed E-state index contributed by atoms with van der Waals surface area (Å²) < 4.78 is 19.5. The Morgan fingerprint density at radius 3 is 1.88 bits per heavy atom. The number of benzene rings is 2. The monoisotopic (exact) mass is 984 g/mol. The molecular weight excluding hydrogens is 911 g/mol. The van der Waals surface area contributed by atoms with Crippen molar-refractivity contribution >= 4 is 34.9 Å². The number of amides is 4. The van der Waals surface area contributed by atoms with Gasteiger partial charge in [-0.15, -0.1) is 0 Å². The fourth-order valence-electron chi connectivity index (χ4n) is 13.0. The predicted octanol–water partition coefficient (Wildman–Crippen LogP) is 10.7. The van der Waals surface area contributed by atoms with Gasteiger partial charge in [-0.2, -0.15) is 0 Å². The number of aromatic nitrogens is 5. The Morgan fingerprint density at radius 1 is 0.736 bits per heavy atom. The molecule has 6 heterocycles. The fourth-order valence-corrected chi connectivity index (χ4v) is 13.0. The Kier molecular flexibility index (Phi) is 14.1. The van der Waals surface area contributed by atoms with Crippen molar-refractivity contribution in [2.75, 3.05) is 27.3 Å². The first-order valence-corrected chi connectivity index (χ1v) is 26.7. The average Bonchev–Trinajstić information content (AvgIpc) is 4.26. The molecule has 2 aromatic carbocycles. The predicted molar refractivity (Wildman–Crippen MR) is 274 cm³/mol. The number of methoxy groups -OCH3 is 2. The lowest BCUT2D eigenvalue weighted by Gasteiger charge is -2.50. The molecule has 0 radical (unpaired) electrons. The topological polar surface area (TPSA) is 189 Å². The van der Waals surface area contributed by atoms with Gasteiger partial charge in [-0.1, -0.05) is 72.4 Å². The standard InChI is InChI=1S/C56H73N9O7/c1-8-9-10-13-33-24-35-17-16-34(33)26-40(35)54-65-43-21-19-36(41-29-57-50(59-41)44-14-11-22-63(44)52(66)48(31(2)3)61-55(68)70-6)25-38(43)27-46(65)39-20-18-37(28-47(39)72-54)42-30-58-51(60-42)45-15-12-23-64(45)53(67)49(32(4)5)62-56(69)71-7/h18-21,25,27-35,40,44-45,48-49,54H,8-17,22-24,26H2,1-7H3,(H,57,59)(H,58,60)(H,61,68)(H,62,69)/t33?,34?,35?,40?,44-,45-,48-,49-,54?/m0/s1. The maximum atomic E-state index is 13.9. The summed E-state index contributed by atoms with van der Waals surface area (Å²) in [5, 5.41) is 6.61. The fraction of sp³-hybridized carbons (Fsp3) is 0.571. The Hall–Kier alpha value is -6.32. The van der Waals surface area contributed by atoms with Crippen molar-refractivity contribution in [1.29, 1.82) is 0 Å². The SMILES string of the molecule is CCCCCC1CC2CCC1CC2C1Oc2cc(-c3cnc([C@@H]4CCCN4C(=O)[C@@H](NC(=O)OC)C(C)C)[nH]3)ccc2-c2cc3cc(-c4cnc([C@@H]5CCCN5C(=O)[C@@H](NC(=O)OC)C(C)C)[nH]4)ccc3n21. The van der Waals surface area contributed by atoms with Crippen LogP contribution >= 0.6 is 0 Å². The van der Waals surface area contributed by atoms with Gasteiger partial charge in [0, 0.05) is 41.1 Å². The Labute approximate surface area is 422 Å². The van der Waals surface area contributed by atoms with Gasteiger partial charge in [0.15, 0.2) is 6.23 Å². The number of aromatic amines is 2. The quantitative estimate of drug-likeness (QED) is 0.0740. The lowest BCUT2D eigenvalue weighted by Crippen LogP contribution is -2.51. The molecule has 3 aliphatic carbocycles. The van der Waals surface area contributed by atoms with Crippen molar-refractivity contribution in [3.8, 4) is 39.5 Å². The van der Waals surface area contributed by atoms with Crippen LogP contribution in [-0.4, -0.2) is 97.7 Å².